The standard InChI is InChI=1S/C22H20N8O/c31-21-15-9-8-13(10-18(15)28-30-21)23-22-24-16-7-2-1-6-14(16)20(26-22)25-19-11-17(27-29-19)12-4-3-5-12/h1-2,6-12H,3-5H2,(H2,28,30,31)(H3,23,24,25,26,27,29). The third kappa shape index (κ3) is 3.20. The molecule has 0 bridgehead atoms. The van der Waals surface area contributed by atoms with Gasteiger partial charge in [0.25, 0.3) is 5.56 Å². The Morgan fingerprint density at radius 1 is 0.935 bits per heavy atom. The molecule has 1 aliphatic carbocycles. The van der Waals surface area contributed by atoms with Crippen molar-refractivity contribution in [3.8, 4) is 0 Å². The third-order valence-corrected chi connectivity index (χ3v) is 5.82. The fraction of sp³-hybridized carbons (Fsp3) is 0.182. The molecular formula is C22H20N8O. The lowest BCUT2D eigenvalue weighted by atomic mass is 9.83. The fourth-order valence-corrected chi connectivity index (χ4v) is 3.92. The first-order valence-electron chi connectivity index (χ1n) is 10.3. The number of hydrogen-bond donors (Lipinski definition) is 5. The summed E-state index contributed by atoms with van der Waals surface area (Å²) < 4.78 is 0. The van der Waals surface area contributed by atoms with Crippen LogP contribution in [0.25, 0.3) is 21.8 Å². The maximum absolute atomic E-state index is 11.7. The van der Waals surface area contributed by atoms with Gasteiger partial charge in [-0.25, -0.2) is 4.98 Å². The molecule has 0 spiro atoms. The molecule has 2 aromatic carbocycles. The second-order valence-corrected chi connectivity index (χ2v) is 7.84. The Bertz CT molecular complexity index is 1460. The van der Waals surface area contributed by atoms with Crippen LogP contribution in [0.5, 0.6) is 0 Å². The van der Waals surface area contributed by atoms with E-state index in [4.69, 9.17) is 4.98 Å². The number of hydrogen-bond acceptors (Lipinski definition) is 6. The minimum atomic E-state index is -0.143. The van der Waals surface area contributed by atoms with Gasteiger partial charge in [0.05, 0.1) is 16.4 Å². The van der Waals surface area contributed by atoms with Gasteiger partial charge in [0.2, 0.25) is 5.95 Å². The SMILES string of the molecule is O=c1[nH][nH]c2cc(Nc3nc(Nc4cc(C5CCC5)[nH]n4)c4ccccc4n3)ccc12. The van der Waals surface area contributed by atoms with Gasteiger partial charge in [-0.2, -0.15) is 10.1 Å². The van der Waals surface area contributed by atoms with E-state index >= 15 is 0 Å². The molecule has 154 valence electrons. The topological polar surface area (TPSA) is 127 Å². The lowest BCUT2D eigenvalue weighted by Gasteiger charge is -2.23. The number of fused-ring (bicyclic) bond motifs is 2. The number of benzene rings is 2. The smallest absolute Gasteiger partial charge is 0.271 e. The van der Waals surface area contributed by atoms with Crippen molar-refractivity contribution in [3.63, 3.8) is 0 Å². The van der Waals surface area contributed by atoms with E-state index in [0.717, 1.165) is 22.4 Å². The summed E-state index contributed by atoms with van der Waals surface area (Å²) in [6.07, 6.45) is 3.70. The summed E-state index contributed by atoms with van der Waals surface area (Å²) in [4.78, 5) is 21.1. The molecule has 9 nitrogen and oxygen atoms in total. The van der Waals surface area contributed by atoms with Gasteiger partial charge in [-0.3, -0.25) is 20.1 Å². The zero-order valence-corrected chi connectivity index (χ0v) is 16.6. The number of aromatic nitrogens is 6. The number of aromatic amines is 3. The molecule has 9 heteroatoms. The molecule has 0 radical (unpaired) electrons. The predicted octanol–water partition coefficient (Wildman–Crippen LogP) is 4.28. The van der Waals surface area contributed by atoms with Crippen LogP contribution in [0.3, 0.4) is 0 Å². The second kappa shape index (κ2) is 6.98. The minimum Gasteiger partial charge on any atom is -0.324 e. The monoisotopic (exact) mass is 412 g/mol. The first-order valence-corrected chi connectivity index (χ1v) is 10.3. The molecule has 3 heterocycles. The van der Waals surface area contributed by atoms with Crippen LogP contribution < -0.4 is 16.2 Å². The van der Waals surface area contributed by atoms with Gasteiger partial charge in [-0.1, -0.05) is 18.6 Å². The van der Waals surface area contributed by atoms with E-state index in [2.05, 4.69) is 42.1 Å². The van der Waals surface area contributed by atoms with Gasteiger partial charge in [-0.15, -0.1) is 0 Å². The summed E-state index contributed by atoms with van der Waals surface area (Å²) in [5, 5.41) is 21.1. The Labute approximate surface area is 176 Å². The van der Waals surface area contributed by atoms with Crippen molar-refractivity contribution in [1.29, 1.82) is 0 Å². The van der Waals surface area contributed by atoms with Crippen LogP contribution in [0.1, 0.15) is 30.9 Å². The summed E-state index contributed by atoms with van der Waals surface area (Å²) in [5.41, 5.74) is 3.33. The van der Waals surface area contributed by atoms with Crippen molar-refractivity contribution in [2.45, 2.75) is 25.2 Å². The van der Waals surface area contributed by atoms with E-state index in [1.54, 1.807) is 6.07 Å². The first-order chi connectivity index (χ1) is 15.2. The van der Waals surface area contributed by atoms with E-state index < -0.39 is 0 Å². The highest BCUT2D eigenvalue weighted by atomic mass is 16.1. The molecule has 3 aromatic heterocycles. The molecule has 0 saturated heterocycles. The van der Waals surface area contributed by atoms with Crippen LogP contribution in [-0.4, -0.2) is 30.4 Å². The molecule has 0 aliphatic heterocycles. The highest BCUT2D eigenvalue weighted by Crippen LogP contribution is 2.36. The molecule has 0 unspecified atom stereocenters. The Balaban J connectivity index is 1.35. The van der Waals surface area contributed by atoms with Gasteiger partial charge in [0, 0.05) is 28.8 Å². The molecule has 0 atom stereocenters. The normalized spacial score (nSPS) is 14.1. The van der Waals surface area contributed by atoms with Crippen LogP contribution in [0, 0.1) is 0 Å². The predicted molar refractivity (Wildman–Crippen MR) is 120 cm³/mol. The number of H-pyrrole nitrogens is 3. The van der Waals surface area contributed by atoms with Gasteiger partial charge >= 0.3 is 0 Å². The summed E-state index contributed by atoms with van der Waals surface area (Å²) in [5.74, 6) is 2.45. The number of rotatable bonds is 5. The lowest BCUT2D eigenvalue weighted by Crippen LogP contribution is -2.08. The molecule has 1 fully saturated rings. The van der Waals surface area contributed by atoms with Crippen LogP contribution in [0.4, 0.5) is 23.3 Å². The number of para-hydroxylation sites is 1. The minimum absolute atomic E-state index is 0.143. The van der Waals surface area contributed by atoms with Gasteiger partial charge in [0.1, 0.15) is 5.82 Å². The molecule has 5 aromatic rings. The second-order valence-electron chi connectivity index (χ2n) is 7.84. The first kappa shape index (κ1) is 17.7. The summed E-state index contributed by atoms with van der Waals surface area (Å²) in [7, 11) is 0. The van der Waals surface area contributed by atoms with Crippen molar-refractivity contribution in [1.82, 2.24) is 30.4 Å². The van der Waals surface area contributed by atoms with Crippen molar-refractivity contribution < 1.29 is 0 Å². The number of nitrogens with zero attached hydrogens (tertiary/aromatic N) is 3. The number of anilines is 4. The zero-order valence-electron chi connectivity index (χ0n) is 16.6. The Morgan fingerprint density at radius 3 is 2.71 bits per heavy atom. The Kier molecular flexibility index (Phi) is 3.98. The Morgan fingerprint density at radius 2 is 1.84 bits per heavy atom. The number of nitrogens with one attached hydrogen (secondary N) is 5. The fourth-order valence-electron chi connectivity index (χ4n) is 3.92. The Hall–Kier alpha value is -4.14. The maximum atomic E-state index is 11.7. The maximum Gasteiger partial charge on any atom is 0.271 e. The van der Waals surface area contributed by atoms with Crippen molar-refractivity contribution >= 4 is 45.1 Å². The highest BCUT2D eigenvalue weighted by molar-refractivity contribution is 5.92. The van der Waals surface area contributed by atoms with E-state index in [0.29, 0.717) is 28.6 Å². The van der Waals surface area contributed by atoms with Crippen LogP contribution >= 0.6 is 0 Å². The molecule has 0 amide bonds. The van der Waals surface area contributed by atoms with Crippen LogP contribution in [0.2, 0.25) is 0 Å². The molecule has 6 rings (SSSR count). The van der Waals surface area contributed by atoms with Crippen LogP contribution in [-0.2, 0) is 0 Å². The molecule has 1 saturated carbocycles. The van der Waals surface area contributed by atoms with Gasteiger partial charge in [0.15, 0.2) is 5.82 Å². The summed E-state index contributed by atoms with van der Waals surface area (Å²) >= 11 is 0. The zero-order chi connectivity index (χ0) is 20.8. The summed E-state index contributed by atoms with van der Waals surface area (Å²) in [6.45, 7) is 0. The third-order valence-electron chi connectivity index (χ3n) is 5.82. The van der Waals surface area contributed by atoms with Crippen molar-refractivity contribution in [2.24, 2.45) is 0 Å². The molecule has 5 N–H and O–H groups in total. The lowest BCUT2D eigenvalue weighted by molar-refractivity contribution is 0.410. The van der Waals surface area contributed by atoms with Crippen molar-refractivity contribution in [2.75, 3.05) is 10.6 Å². The average molecular weight is 412 g/mol. The van der Waals surface area contributed by atoms with Crippen LogP contribution in [0.15, 0.2) is 53.3 Å². The highest BCUT2D eigenvalue weighted by Gasteiger charge is 2.21. The average Bonchev–Trinajstić information content (AvgIpc) is 3.33. The van der Waals surface area contributed by atoms with E-state index in [-0.39, 0.29) is 5.56 Å². The van der Waals surface area contributed by atoms with Crippen molar-refractivity contribution in [3.05, 3.63) is 64.6 Å². The van der Waals surface area contributed by atoms with Gasteiger partial charge in [-0.05, 0) is 43.2 Å². The van der Waals surface area contributed by atoms with E-state index in [1.165, 1.54) is 25.0 Å². The molecule has 1 aliphatic rings. The van der Waals surface area contributed by atoms with E-state index in [9.17, 15) is 4.79 Å². The van der Waals surface area contributed by atoms with E-state index in [1.807, 2.05) is 36.4 Å². The summed E-state index contributed by atoms with van der Waals surface area (Å²) in [6, 6.07) is 15.3. The molecule has 31 heavy (non-hydrogen) atoms. The largest absolute Gasteiger partial charge is 0.324 e. The van der Waals surface area contributed by atoms with Gasteiger partial charge < -0.3 is 10.6 Å². The molecular weight excluding hydrogens is 392 g/mol. The quantitative estimate of drug-likeness (QED) is 0.293.